The molecule has 0 fully saturated rings. The van der Waals surface area contributed by atoms with Gasteiger partial charge in [-0.3, -0.25) is 0 Å². The van der Waals surface area contributed by atoms with Crippen molar-refractivity contribution in [3.63, 3.8) is 0 Å². The Morgan fingerprint density at radius 1 is 1.09 bits per heavy atom. The van der Waals surface area contributed by atoms with Gasteiger partial charge in [-0.15, -0.1) is 0 Å². The Morgan fingerprint density at radius 2 is 1.83 bits per heavy atom. The number of thiocarbonyl (C=S) groups is 1. The van der Waals surface area contributed by atoms with Crippen LogP contribution in [0.25, 0.3) is 0 Å². The molecule has 0 aromatic heterocycles. The molecule has 0 heterocycles. The minimum absolute atomic E-state index is 0.579. The summed E-state index contributed by atoms with van der Waals surface area (Å²) >= 11 is 5.45. The molecule has 0 aliphatic heterocycles. The molecular formula is C20H26N2S. The van der Waals surface area contributed by atoms with Crippen LogP contribution in [0.5, 0.6) is 0 Å². The number of rotatable bonds is 6. The highest BCUT2D eigenvalue weighted by molar-refractivity contribution is 7.80. The lowest BCUT2D eigenvalue weighted by Gasteiger charge is -2.18. The average Bonchev–Trinajstić information content (AvgIpc) is 2.56. The summed E-state index contributed by atoms with van der Waals surface area (Å²) in [6.07, 6.45) is 2.21. The van der Waals surface area contributed by atoms with Gasteiger partial charge in [0.15, 0.2) is 5.11 Å². The third-order valence-electron chi connectivity index (χ3n) is 4.14. The summed E-state index contributed by atoms with van der Waals surface area (Å²) in [5, 5.41) is 7.38. The van der Waals surface area contributed by atoms with Gasteiger partial charge in [-0.25, -0.2) is 0 Å². The summed E-state index contributed by atoms with van der Waals surface area (Å²) < 4.78 is 0. The summed E-state index contributed by atoms with van der Waals surface area (Å²) in [4.78, 5) is 0. The van der Waals surface area contributed by atoms with Gasteiger partial charge in [0, 0.05) is 12.2 Å². The number of anilines is 1. The third kappa shape index (κ3) is 5.68. The third-order valence-corrected chi connectivity index (χ3v) is 4.38. The number of hydrogen-bond acceptors (Lipinski definition) is 1. The van der Waals surface area contributed by atoms with Crippen molar-refractivity contribution >= 4 is 23.0 Å². The summed E-state index contributed by atoms with van der Waals surface area (Å²) in [5.74, 6) is 0.579. The predicted molar refractivity (Wildman–Crippen MR) is 104 cm³/mol. The molecule has 2 aromatic carbocycles. The smallest absolute Gasteiger partial charge is 0.170 e. The zero-order valence-electron chi connectivity index (χ0n) is 14.2. The van der Waals surface area contributed by atoms with Gasteiger partial charge in [0.05, 0.1) is 0 Å². The number of nitrogens with one attached hydrogen (secondary N) is 2. The van der Waals surface area contributed by atoms with Crippen molar-refractivity contribution in [2.75, 3.05) is 11.9 Å². The van der Waals surface area contributed by atoms with Crippen LogP contribution in [0.3, 0.4) is 0 Å². The highest BCUT2D eigenvalue weighted by Crippen LogP contribution is 2.16. The second kappa shape index (κ2) is 8.68. The van der Waals surface area contributed by atoms with Crippen LogP contribution in [0.1, 0.15) is 30.0 Å². The zero-order chi connectivity index (χ0) is 16.7. The maximum Gasteiger partial charge on any atom is 0.170 e. The molecule has 2 rings (SSSR count). The first-order valence-corrected chi connectivity index (χ1v) is 8.65. The average molecular weight is 327 g/mol. The molecule has 1 atom stereocenters. The molecule has 0 bridgehead atoms. The summed E-state index contributed by atoms with van der Waals surface area (Å²) in [6.45, 7) is 7.31. The van der Waals surface area contributed by atoms with Crippen LogP contribution in [0, 0.1) is 19.8 Å². The molecule has 0 spiro atoms. The fourth-order valence-electron chi connectivity index (χ4n) is 2.58. The van der Waals surface area contributed by atoms with Crippen LogP contribution in [0.4, 0.5) is 5.69 Å². The molecule has 0 saturated heterocycles. The molecule has 0 unspecified atom stereocenters. The monoisotopic (exact) mass is 326 g/mol. The van der Waals surface area contributed by atoms with E-state index >= 15 is 0 Å². The first-order chi connectivity index (χ1) is 11.1. The molecular weight excluding hydrogens is 300 g/mol. The van der Waals surface area contributed by atoms with Gasteiger partial charge >= 0.3 is 0 Å². The Kier molecular flexibility index (Phi) is 6.60. The molecule has 0 saturated carbocycles. The van der Waals surface area contributed by atoms with Crippen molar-refractivity contribution in [1.82, 2.24) is 5.32 Å². The number of aryl methyl sites for hydroxylation is 2. The van der Waals surface area contributed by atoms with E-state index < -0.39 is 0 Å². The standard InChI is InChI=1S/C20H26N2S/c1-4-17(13-18-8-6-5-7-9-18)14-21-20(23)22-19-12-15(2)10-11-16(19)3/h5-12,17H,4,13-14H2,1-3H3,(H2,21,22,23)/t17-/m1/s1. The normalized spacial score (nSPS) is 11.8. The Balaban J connectivity index is 1.86. The Morgan fingerprint density at radius 3 is 2.52 bits per heavy atom. The number of benzene rings is 2. The van der Waals surface area contributed by atoms with Gasteiger partial charge in [0.25, 0.3) is 0 Å². The van der Waals surface area contributed by atoms with Gasteiger partial charge in [-0.2, -0.15) is 0 Å². The molecule has 122 valence electrons. The van der Waals surface area contributed by atoms with Crippen molar-refractivity contribution in [2.24, 2.45) is 5.92 Å². The lowest BCUT2D eigenvalue weighted by molar-refractivity contribution is 0.498. The molecule has 2 nitrogen and oxygen atoms in total. The fraction of sp³-hybridized carbons (Fsp3) is 0.350. The van der Waals surface area contributed by atoms with Gasteiger partial charge in [0.2, 0.25) is 0 Å². The largest absolute Gasteiger partial charge is 0.362 e. The minimum Gasteiger partial charge on any atom is -0.362 e. The molecule has 2 aromatic rings. The van der Waals surface area contributed by atoms with Gasteiger partial charge in [-0.1, -0.05) is 55.8 Å². The SMILES string of the molecule is CC[C@@H](CNC(=S)Nc1cc(C)ccc1C)Cc1ccccc1. The Labute approximate surface area is 145 Å². The highest BCUT2D eigenvalue weighted by atomic mass is 32.1. The topological polar surface area (TPSA) is 24.1 Å². The van der Waals surface area contributed by atoms with E-state index in [1.165, 1.54) is 16.7 Å². The maximum absolute atomic E-state index is 5.45. The van der Waals surface area contributed by atoms with Crippen molar-refractivity contribution in [3.8, 4) is 0 Å². The molecule has 2 N–H and O–H groups in total. The molecule has 0 amide bonds. The van der Waals surface area contributed by atoms with Crippen molar-refractivity contribution < 1.29 is 0 Å². The highest BCUT2D eigenvalue weighted by Gasteiger charge is 2.09. The van der Waals surface area contributed by atoms with Crippen LogP contribution in [0.15, 0.2) is 48.5 Å². The van der Waals surface area contributed by atoms with E-state index in [-0.39, 0.29) is 0 Å². The maximum atomic E-state index is 5.45. The lowest BCUT2D eigenvalue weighted by Crippen LogP contribution is -2.33. The summed E-state index contributed by atoms with van der Waals surface area (Å²) in [7, 11) is 0. The first-order valence-electron chi connectivity index (χ1n) is 8.24. The van der Waals surface area contributed by atoms with Crippen molar-refractivity contribution in [2.45, 2.75) is 33.6 Å². The quantitative estimate of drug-likeness (QED) is 0.741. The molecule has 3 heteroatoms. The van der Waals surface area contributed by atoms with E-state index in [1.807, 2.05) is 0 Å². The van der Waals surface area contributed by atoms with Crippen LogP contribution >= 0.6 is 12.2 Å². The van der Waals surface area contributed by atoms with E-state index in [2.05, 4.69) is 79.9 Å². The van der Waals surface area contributed by atoms with Crippen LogP contribution in [0.2, 0.25) is 0 Å². The predicted octanol–water partition coefficient (Wildman–Crippen LogP) is 4.86. The minimum atomic E-state index is 0.579. The molecule has 23 heavy (non-hydrogen) atoms. The van der Waals surface area contributed by atoms with E-state index in [0.29, 0.717) is 11.0 Å². The fourth-order valence-corrected chi connectivity index (χ4v) is 2.78. The van der Waals surface area contributed by atoms with E-state index in [4.69, 9.17) is 12.2 Å². The Bertz CT molecular complexity index is 637. The lowest BCUT2D eigenvalue weighted by atomic mass is 9.97. The van der Waals surface area contributed by atoms with Crippen molar-refractivity contribution in [3.05, 3.63) is 65.2 Å². The second-order valence-electron chi connectivity index (χ2n) is 6.12. The van der Waals surface area contributed by atoms with Gasteiger partial charge in [0.1, 0.15) is 0 Å². The second-order valence-corrected chi connectivity index (χ2v) is 6.53. The summed E-state index contributed by atoms with van der Waals surface area (Å²) in [6, 6.07) is 17.0. The first kappa shape index (κ1) is 17.5. The summed E-state index contributed by atoms with van der Waals surface area (Å²) in [5.41, 5.74) is 4.90. The molecule has 0 aliphatic carbocycles. The van der Waals surface area contributed by atoms with Crippen LogP contribution in [-0.2, 0) is 6.42 Å². The molecule has 0 radical (unpaired) electrons. The molecule has 0 aliphatic rings. The van der Waals surface area contributed by atoms with Crippen molar-refractivity contribution in [1.29, 1.82) is 0 Å². The zero-order valence-corrected chi connectivity index (χ0v) is 15.0. The van der Waals surface area contributed by atoms with Crippen LogP contribution in [-0.4, -0.2) is 11.7 Å². The Hall–Kier alpha value is -1.87. The number of hydrogen-bond donors (Lipinski definition) is 2. The van der Waals surface area contributed by atoms with Gasteiger partial charge in [-0.05, 0) is 61.2 Å². The van der Waals surface area contributed by atoms with Crippen LogP contribution < -0.4 is 10.6 Å². The van der Waals surface area contributed by atoms with Gasteiger partial charge < -0.3 is 10.6 Å². The van der Waals surface area contributed by atoms with E-state index in [1.54, 1.807) is 0 Å². The van der Waals surface area contributed by atoms with E-state index in [9.17, 15) is 0 Å². The van der Waals surface area contributed by atoms with E-state index in [0.717, 1.165) is 25.1 Å².